The average molecular weight is 143 g/mol. The highest BCUT2D eigenvalue weighted by Gasteiger charge is 1.90. The fraction of sp³-hybridized carbons (Fsp3) is 0.333. The van der Waals surface area contributed by atoms with Gasteiger partial charge >= 0.3 is 0 Å². The fourth-order valence-corrected chi connectivity index (χ4v) is 0.726. The lowest BCUT2D eigenvalue weighted by Gasteiger charge is -1.91. The van der Waals surface area contributed by atoms with Crippen LogP contribution in [0.4, 0.5) is 0 Å². The third-order valence-corrected chi connectivity index (χ3v) is 1.24. The summed E-state index contributed by atoms with van der Waals surface area (Å²) >= 11 is 5.62. The second-order valence-electron chi connectivity index (χ2n) is 1.72. The minimum absolute atomic E-state index is 0.654. The maximum Gasteiger partial charge on any atom is 0.0682 e. The van der Waals surface area contributed by atoms with Crippen LogP contribution in [0.3, 0.4) is 0 Å². The van der Waals surface area contributed by atoms with Crippen LogP contribution in [0, 0.1) is 0 Å². The Bertz CT molecular complexity index is 200. The molecule has 0 saturated heterocycles. The quantitative estimate of drug-likeness (QED) is 0.597. The molecule has 0 N–H and O–H groups in total. The Kier molecular flexibility index (Phi) is 2.01. The zero-order chi connectivity index (χ0) is 6.69. The molecule has 0 saturated carbocycles. The molecule has 0 unspecified atom stereocenters. The van der Waals surface area contributed by atoms with Crippen molar-refractivity contribution < 1.29 is 0 Å². The molecule has 0 amide bonds. The van der Waals surface area contributed by atoms with Crippen molar-refractivity contribution in [2.75, 3.05) is 0 Å². The molecule has 0 aliphatic rings. The second kappa shape index (κ2) is 2.78. The van der Waals surface area contributed by atoms with Gasteiger partial charge in [-0.3, -0.25) is 0 Å². The van der Waals surface area contributed by atoms with Crippen LogP contribution in [0.1, 0.15) is 12.6 Å². The molecule has 0 radical (unpaired) electrons. The van der Waals surface area contributed by atoms with Crippen molar-refractivity contribution in [1.82, 2.24) is 10.2 Å². The molecule has 0 aromatic carbocycles. The normalized spacial score (nSPS) is 9.56. The molecule has 0 spiro atoms. The summed E-state index contributed by atoms with van der Waals surface area (Å²) in [6.07, 6.45) is 2.41. The van der Waals surface area contributed by atoms with Crippen molar-refractivity contribution in [2.45, 2.75) is 13.3 Å². The van der Waals surface area contributed by atoms with Gasteiger partial charge in [0.15, 0.2) is 0 Å². The molecule has 1 aromatic heterocycles. The van der Waals surface area contributed by atoms with E-state index in [-0.39, 0.29) is 0 Å². The molecule has 0 fully saturated rings. The molecule has 1 heterocycles. The molecule has 3 heteroatoms. The van der Waals surface area contributed by atoms with E-state index in [1.54, 1.807) is 0 Å². The van der Waals surface area contributed by atoms with Crippen molar-refractivity contribution in [3.63, 3.8) is 0 Å². The van der Waals surface area contributed by atoms with Crippen LogP contribution in [0.15, 0.2) is 12.3 Å². The van der Waals surface area contributed by atoms with Crippen molar-refractivity contribution >= 4 is 11.6 Å². The van der Waals surface area contributed by atoms with Crippen molar-refractivity contribution in [2.24, 2.45) is 0 Å². The second-order valence-corrected chi connectivity index (χ2v) is 2.16. The third-order valence-electron chi connectivity index (χ3n) is 1.03. The van der Waals surface area contributed by atoms with Crippen LogP contribution in [-0.4, -0.2) is 10.2 Å². The Morgan fingerprint density at radius 3 is 2.89 bits per heavy atom. The molecule has 9 heavy (non-hydrogen) atoms. The number of aromatic nitrogens is 2. The lowest BCUT2D eigenvalue weighted by atomic mass is 10.3. The van der Waals surface area contributed by atoms with E-state index in [2.05, 4.69) is 10.2 Å². The summed E-state index contributed by atoms with van der Waals surface area (Å²) in [6, 6.07) is 1.81. The third kappa shape index (κ3) is 1.64. The first-order valence-corrected chi connectivity index (χ1v) is 3.18. The first kappa shape index (κ1) is 6.49. The van der Waals surface area contributed by atoms with E-state index in [0.717, 1.165) is 12.1 Å². The number of aryl methyl sites for hydroxylation is 1. The van der Waals surface area contributed by atoms with Crippen molar-refractivity contribution in [1.29, 1.82) is 0 Å². The predicted octanol–water partition coefficient (Wildman–Crippen LogP) is 1.69. The molecule has 1 aromatic rings. The number of nitrogens with zero attached hydrogens (tertiary/aromatic N) is 2. The lowest BCUT2D eigenvalue weighted by Crippen LogP contribution is -1.87. The summed E-state index contributed by atoms with van der Waals surface area (Å²) in [7, 11) is 0. The van der Waals surface area contributed by atoms with Gasteiger partial charge in [0, 0.05) is 0 Å². The smallest absolute Gasteiger partial charge is 0.0682 e. The van der Waals surface area contributed by atoms with Crippen LogP contribution in [0.25, 0.3) is 0 Å². The van der Waals surface area contributed by atoms with Crippen LogP contribution >= 0.6 is 11.6 Å². The summed E-state index contributed by atoms with van der Waals surface area (Å²) in [5.74, 6) is 0. The van der Waals surface area contributed by atoms with Crippen molar-refractivity contribution in [3.8, 4) is 0 Å². The predicted molar refractivity (Wildman–Crippen MR) is 36.4 cm³/mol. The molecule has 2 nitrogen and oxygen atoms in total. The molecule has 48 valence electrons. The monoisotopic (exact) mass is 142 g/mol. The highest BCUT2D eigenvalue weighted by Crippen LogP contribution is 2.05. The fourth-order valence-electron chi connectivity index (χ4n) is 0.556. The maximum absolute atomic E-state index is 5.62. The Hall–Kier alpha value is -0.630. The first-order chi connectivity index (χ1) is 4.33. The maximum atomic E-state index is 5.62. The van der Waals surface area contributed by atoms with Gasteiger partial charge in [-0.2, -0.15) is 10.2 Å². The Morgan fingerprint density at radius 2 is 2.44 bits per heavy atom. The zero-order valence-electron chi connectivity index (χ0n) is 5.13. The molecule has 0 aliphatic heterocycles. The van der Waals surface area contributed by atoms with Gasteiger partial charge in [0.1, 0.15) is 0 Å². The lowest BCUT2D eigenvalue weighted by molar-refractivity contribution is 0.919. The van der Waals surface area contributed by atoms with Crippen LogP contribution in [0.2, 0.25) is 5.02 Å². The van der Waals surface area contributed by atoms with Gasteiger partial charge < -0.3 is 0 Å². The molecule has 0 aliphatic carbocycles. The summed E-state index contributed by atoms with van der Waals surface area (Å²) < 4.78 is 0. The number of rotatable bonds is 1. The Morgan fingerprint density at radius 1 is 1.67 bits per heavy atom. The minimum Gasteiger partial charge on any atom is -0.157 e. The van der Waals surface area contributed by atoms with Gasteiger partial charge in [-0.1, -0.05) is 18.5 Å². The Labute approximate surface area is 58.9 Å². The highest BCUT2D eigenvalue weighted by atomic mass is 35.5. The van der Waals surface area contributed by atoms with Crippen LogP contribution < -0.4 is 0 Å². The van der Waals surface area contributed by atoms with E-state index in [0.29, 0.717) is 5.02 Å². The standard InChI is InChI=1S/C6H7ClN2/c1-2-6-3-5(7)4-8-9-6/h3-4H,2H2,1H3. The van der Waals surface area contributed by atoms with E-state index in [9.17, 15) is 0 Å². The van der Waals surface area contributed by atoms with Crippen molar-refractivity contribution in [3.05, 3.63) is 23.0 Å². The van der Waals surface area contributed by atoms with Gasteiger partial charge in [-0.15, -0.1) is 0 Å². The molecule has 0 bridgehead atoms. The summed E-state index contributed by atoms with van der Waals surface area (Å²) in [5, 5.41) is 8.15. The van der Waals surface area contributed by atoms with E-state index < -0.39 is 0 Å². The van der Waals surface area contributed by atoms with E-state index in [1.165, 1.54) is 6.20 Å². The first-order valence-electron chi connectivity index (χ1n) is 2.80. The average Bonchev–Trinajstić information content (AvgIpc) is 1.88. The van der Waals surface area contributed by atoms with E-state index in [4.69, 9.17) is 11.6 Å². The minimum atomic E-state index is 0.654. The Balaban J connectivity index is 2.94. The van der Waals surface area contributed by atoms with Gasteiger partial charge in [0.05, 0.1) is 16.9 Å². The highest BCUT2D eigenvalue weighted by molar-refractivity contribution is 6.30. The van der Waals surface area contributed by atoms with Gasteiger partial charge in [-0.25, -0.2) is 0 Å². The zero-order valence-corrected chi connectivity index (χ0v) is 5.89. The molecular weight excluding hydrogens is 136 g/mol. The van der Waals surface area contributed by atoms with Crippen LogP contribution in [0.5, 0.6) is 0 Å². The van der Waals surface area contributed by atoms with Gasteiger partial charge in [0.2, 0.25) is 0 Å². The topological polar surface area (TPSA) is 25.8 Å². The number of halogens is 1. The van der Waals surface area contributed by atoms with Gasteiger partial charge in [-0.05, 0) is 12.5 Å². The number of hydrogen-bond acceptors (Lipinski definition) is 2. The SMILES string of the molecule is CCc1cc(Cl)cnn1. The summed E-state index contributed by atoms with van der Waals surface area (Å²) in [6.45, 7) is 2.01. The molecule has 1 rings (SSSR count). The molecule has 0 atom stereocenters. The van der Waals surface area contributed by atoms with Gasteiger partial charge in [0.25, 0.3) is 0 Å². The van der Waals surface area contributed by atoms with E-state index in [1.807, 2.05) is 13.0 Å². The number of hydrogen-bond donors (Lipinski definition) is 0. The van der Waals surface area contributed by atoms with E-state index >= 15 is 0 Å². The summed E-state index contributed by atoms with van der Waals surface area (Å²) in [4.78, 5) is 0. The van der Waals surface area contributed by atoms with Crippen LogP contribution in [-0.2, 0) is 6.42 Å². The molecular formula is C6H7ClN2. The largest absolute Gasteiger partial charge is 0.157 e. The summed E-state index contributed by atoms with van der Waals surface area (Å²) in [5.41, 5.74) is 0.933.